The average molecular weight is 774 g/mol. The van der Waals surface area contributed by atoms with E-state index < -0.39 is 110 Å². The van der Waals surface area contributed by atoms with Gasteiger partial charge in [0.1, 0.15) is 24.4 Å². The van der Waals surface area contributed by atoms with Gasteiger partial charge in [0.05, 0.1) is 19.3 Å². The molecule has 0 spiro atoms. The van der Waals surface area contributed by atoms with Gasteiger partial charge in [0.25, 0.3) is 11.1 Å². The van der Waals surface area contributed by atoms with Gasteiger partial charge in [-0.15, -0.1) is 0 Å². The monoisotopic (exact) mass is 774 g/mol. The molecule has 0 aromatic carbocycles. The van der Waals surface area contributed by atoms with Crippen LogP contribution in [0.2, 0.25) is 0 Å². The lowest BCUT2D eigenvalue weighted by Gasteiger charge is -2.21. The molecule has 9 N–H and O–H groups in total. The number of nitrogens with zero attached hydrogens (tertiary/aromatic N) is 2. The molecular weight excluding hydrogens is 748 g/mol. The summed E-state index contributed by atoms with van der Waals surface area (Å²) < 4.78 is 81.0. The van der Waals surface area contributed by atoms with Crippen molar-refractivity contribution in [2.75, 3.05) is 13.2 Å². The molecule has 2 aliphatic heterocycles. The number of aliphatic hydroxyl groups is 3. The van der Waals surface area contributed by atoms with Gasteiger partial charge in [-0.05, 0) is 0 Å². The van der Waals surface area contributed by atoms with Gasteiger partial charge in [0.2, 0.25) is 0 Å². The molecule has 2 aromatic rings. The van der Waals surface area contributed by atoms with Crippen molar-refractivity contribution < 1.29 is 84.6 Å². The topological polar surface area (TPSA) is 384 Å². The standard InChI is InChI=1S/C18H26N4O22P4/c23-9-5-8(40-15(9)21-3-1-11(24)19-17(21)28)6-38-45(30,31)42-47(34,35)44-48(36,37)43-46(32,33)39-7-10-13(26)14(27)16(41-10)22-4-2-12(25)20-18(22)29/h1-4,8-10,13-16,23,26-27H,5-7H2,(H,30,31)(H,32,33)(H,34,35)(H,36,37)(H,19,24,28)(H,20,25,29). The summed E-state index contributed by atoms with van der Waals surface area (Å²) in [5.41, 5.74) is -3.58. The molecular formula is C18H26N4O22P4. The maximum Gasteiger partial charge on any atom is 0.490 e. The predicted octanol–water partition coefficient (Wildman–Crippen LogP) is -3.16. The molecule has 26 nitrogen and oxygen atoms in total. The van der Waals surface area contributed by atoms with Gasteiger partial charge >= 0.3 is 42.7 Å². The molecule has 4 heterocycles. The second-order valence-electron chi connectivity index (χ2n) is 9.74. The molecule has 48 heavy (non-hydrogen) atoms. The Balaban J connectivity index is 1.29. The fourth-order valence-corrected chi connectivity index (χ4v) is 9.22. The number of aromatic amines is 2. The molecule has 270 valence electrons. The van der Waals surface area contributed by atoms with Gasteiger partial charge in [-0.3, -0.25) is 37.7 Å². The van der Waals surface area contributed by atoms with E-state index in [1.54, 1.807) is 0 Å². The number of H-pyrrole nitrogens is 2. The van der Waals surface area contributed by atoms with Crippen LogP contribution < -0.4 is 22.5 Å². The number of aliphatic hydroxyl groups excluding tert-OH is 3. The molecule has 0 saturated carbocycles. The summed E-state index contributed by atoms with van der Waals surface area (Å²) in [5.74, 6) is 0. The third-order valence-corrected chi connectivity index (χ3v) is 12.1. The summed E-state index contributed by atoms with van der Waals surface area (Å²) in [7, 11) is -23.8. The van der Waals surface area contributed by atoms with Crippen LogP contribution in [-0.4, -0.2) is 97.7 Å². The van der Waals surface area contributed by atoms with Gasteiger partial charge in [-0.25, -0.2) is 27.8 Å². The Morgan fingerprint density at radius 1 is 0.688 bits per heavy atom. The molecule has 0 aliphatic carbocycles. The van der Waals surface area contributed by atoms with Crippen molar-refractivity contribution in [2.45, 2.75) is 49.4 Å². The van der Waals surface area contributed by atoms with Crippen molar-refractivity contribution in [1.29, 1.82) is 0 Å². The van der Waals surface area contributed by atoms with Crippen LogP contribution in [0.1, 0.15) is 18.9 Å². The van der Waals surface area contributed by atoms with E-state index in [0.717, 1.165) is 29.1 Å². The number of ether oxygens (including phenoxy) is 2. The van der Waals surface area contributed by atoms with E-state index in [1.807, 2.05) is 9.97 Å². The van der Waals surface area contributed by atoms with Gasteiger partial charge in [-0.2, -0.15) is 12.9 Å². The first kappa shape index (κ1) is 38.5. The highest BCUT2D eigenvalue weighted by atomic mass is 31.3. The summed E-state index contributed by atoms with van der Waals surface area (Å²) in [6.45, 7) is -2.14. The van der Waals surface area contributed by atoms with E-state index in [9.17, 15) is 72.3 Å². The summed E-state index contributed by atoms with van der Waals surface area (Å²) in [6.07, 6.45) is -9.62. The molecule has 30 heteroatoms. The average Bonchev–Trinajstić information content (AvgIpc) is 3.43. The van der Waals surface area contributed by atoms with Crippen LogP contribution in [-0.2, 0) is 49.7 Å². The maximum atomic E-state index is 12.2. The zero-order valence-electron chi connectivity index (χ0n) is 23.4. The van der Waals surface area contributed by atoms with Crippen LogP contribution >= 0.6 is 31.3 Å². The Morgan fingerprint density at radius 2 is 1.15 bits per heavy atom. The fraction of sp³-hybridized carbons (Fsp3) is 0.556. The van der Waals surface area contributed by atoms with Gasteiger partial charge in [0, 0.05) is 30.9 Å². The first-order chi connectivity index (χ1) is 22.1. The van der Waals surface area contributed by atoms with Crippen LogP contribution in [0.4, 0.5) is 0 Å². The summed E-state index contributed by atoms with van der Waals surface area (Å²) in [4.78, 5) is 89.1. The quantitative estimate of drug-likeness (QED) is 0.0855. The summed E-state index contributed by atoms with van der Waals surface area (Å²) in [5, 5.41) is 30.5. The van der Waals surface area contributed by atoms with Crippen LogP contribution in [0.25, 0.3) is 0 Å². The van der Waals surface area contributed by atoms with E-state index in [0.29, 0.717) is 4.57 Å². The maximum absolute atomic E-state index is 12.2. The third-order valence-electron chi connectivity index (χ3n) is 6.20. The Labute approximate surface area is 264 Å². The van der Waals surface area contributed by atoms with Gasteiger partial charge < -0.3 is 44.4 Å². The minimum absolute atomic E-state index is 0.330. The second-order valence-corrected chi connectivity index (χ2v) is 16.0. The SMILES string of the molecule is O=c1ccn(C2OC(COP(=O)(O)OP(=O)(O)OP(=O)(O)OP(=O)(O)OCC3OC(n4ccc(=O)[nH]c4=O)C(O)C3O)CC2O)c(=O)[nH]1. The first-order valence-corrected chi connectivity index (χ1v) is 18.8. The molecule has 11 atom stereocenters. The Kier molecular flexibility index (Phi) is 11.7. The Morgan fingerprint density at radius 3 is 1.65 bits per heavy atom. The minimum Gasteiger partial charge on any atom is -0.388 e. The number of phosphoric acid groups is 4. The summed E-state index contributed by atoms with van der Waals surface area (Å²) in [6, 6.07) is 1.82. The largest absolute Gasteiger partial charge is 0.490 e. The van der Waals surface area contributed by atoms with Crippen molar-refractivity contribution in [3.05, 3.63) is 66.2 Å². The van der Waals surface area contributed by atoms with Crippen LogP contribution in [0, 0.1) is 0 Å². The van der Waals surface area contributed by atoms with E-state index >= 15 is 0 Å². The van der Waals surface area contributed by atoms with Crippen molar-refractivity contribution >= 4 is 31.3 Å². The lowest BCUT2D eigenvalue weighted by Crippen LogP contribution is -2.37. The molecule has 2 aromatic heterocycles. The van der Waals surface area contributed by atoms with Gasteiger partial charge in [0.15, 0.2) is 12.5 Å². The van der Waals surface area contributed by atoms with Crippen molar-refractivity contribution in [2.24, 2.45) is 0 Å². The van der Waals surface area contributed by atoms with Crippen molar-refractivity contribution in [1.82, 2.24) is 19.1 Å². The minimum atomic E-state index is -6.19. The number of nitrogens with one attached hydrogen (secondary N) is 2. The number of hydrogen-bond acceptors (Lipinski definition) is 18. The molecule has 11 unspecified atom stereocenters. The lowest BCUT2D eigenvalue weighted by molar-refractivity contribution is -0.0542. The number of aromatic nitrogens is 4. The molecule has 4 rings (SSSR count). The summed E-state index contributed by atoms with van der Waals surface area (Å²) >= 11 is 0. The predicted molar refractivity (Wildman–Crippen MR) is 148 cm³/mol. The Bertz CT molecular complexity index is 1920. The molecule has 0 radical (unpaired) electrons. The van der Waals surface area contributed by atoms with E-state index in [1.165, 1.54) is 0 Å². The van der Waals surface area contributed by atoms with E-state index in [2.05, 4.69) is 22.0 Å². The smallest absolute Gasteiger partial charge is 0.388 e. The lowest BCUT2D eigenvalue weighted by atomic mass is 10.1. The first-order valence-electron chi connectivity index (χ1n) is 12.8. The zero-order valence-corrected chi connectivity index (χ0v) is 27.0. The highest BCUT2D eigenvalue weighted by Crippen LogP contribution is 2.71. The van der Waals surface area contributed by atoms with Crippen LogP contribution in [0.15, 0.2) is 43.7 Å². The molecule has 2 aliphatic rings. The molecule has 2 fully saturated rings. The van der Waals surface area contributed by atoms with Crippen molar-refractivity contribution in [3.8, 4) is 0 Å². The number of hydrogen-bond donors (Lipinski definition) is 9. The van der Waals surface area contributed by atoms with Gasteiger partial charge in [-0.1, -0.05) is 0 Å². The van der Waals surface area contributed by atoms with Crippen molar-refractivity contribution in [3.63, 3.8) is 0 Å². The normalized spacial score (nSPS) is 31.0. The molecule has 0 amide bonds. The van der Waals surface area contributed by atoms with Crippen LogP contribution in [0.3, 0.4) is 0 Å². The van der Waals surface area contributed by atoms with E-state index in [4.69, 9.17) is 9.47 Å². The zero-order chi connectivity index (χ0) is 35.8. The third kappa shape index (κ3) is 9.91. The highest BCUT2D eigenvalue weighted by Gasteiger charge is 2.48. The number of phosphoric ester groups is 2. The van der Waals surface area contributed by atoms with E-state index in [-0.39, 0.29) is 6.42 Å². The van der Waals surface area contributed by atoms with Crippen LogP contribution in [0.5, 0.6) is 0 Å². The second kappa shape index (κ2) is 14.5. The number of rotatable bonds is 14. The molecule has 2 saturated heterocycles. The Hall–Kier alpha value is -2.28. The molecule has 0 bridgehead atoms. The highest BCUT2D eigenvalue weighted by molar-refractivity contribution is 7.69. The fourth-order valence-electron chi connectivity index (χ4n) is 4.25.